The topological polar surface area (TPSA) is 12.9 Å². The zero-order chi connectivity index (χ0) is 12.7. The van der Waals surface area contributed by atoms with Crippen LogP contribution in [-0.2, 0) is 12.8 Å². The molecular weight excluding hydrogens is 218 g/mol. The normalized spacial score (nSPS) is 15.1. The largest absolute Gasteiger partial charge is 0.256 e. The fourth-order valence-corrected chi connectivity index (χ4v) is 3.50. The van der Waals surface area contributed by atoms with E-state index in [9.17, 15) is 0 Å². The Bertz CT molecular complexity index is 596. The highest BCUT2D eigenvalue weighted by Gasteiger charge is 2.21. The lowest BCUT2D eigenvalue weighted by atomic mass is 9.80. The van der Waals surface area contributed by atoms with Gasteiger partial charge in [-0.15, -0.1) is 0 Å². The maximum atomic E-state index is 4.63. The van der Waals surface area contributed by atoms with Gasteiger partial charge in [0.15, 0.2) is 0 Å². The molecule has 18 heavy (non-hydrogen) atoms. The van der Waals surface area contributed by atoms with Gasteiger partial charge in [-0.25, -0.2) is 0 Å². The van der Waals surface area contributed by atoms with Crippen molar-refractivity contribution in [3.05, 3.63) is 40.6 Å². The fraction of sp³-hybridized carbons (Fsp3) is 0.471. The van der Waals surface area contributed by atoms with Crippen molar-refractivity contribution in [2.24, 2.45) is 0 Å². The summed E-state index contributed by atoms with van der Waals surface area (Å²) in [5.74, 6) is 0.587. The van der Waals surface area contributed by atoms with Gasteiger partial charge in [-0.05, 0) is 66.8 Å². The molecule has 0 atom stereocenters. The molecular formula is C17H21N. The molecule has 0 spiro atoms. The number of pyridine rings is 1. The van der Waals surface area contributed by atoms with Crippen LogP contribution in [0.1, 0.15) is 54.9 Å². The van der Waals surface area contributed by atoms with Crippen LogP contribution in [0.25, 0.3) is 10.9 Å². The summed E-state index contributed by atoms with van der Waals surface area (Å²) in [6.45, 7) is 6.88. The van der Waals surface area contributed by atoms with E-state index in [1.807, 2.05) is 6.20 Å². The van der Waals surface area contributed by atoms with Gasteiger partial charge in [0.1, 0.15) is 0 Å². The first-order valence-electron chi connectivity index (χ1n) is 7.09. The first-order valence-corrected chi connectivity index (χ1v) is 7.09. The number of benzene rings is 1. The van der Waals surface area contributed by atoms with E-state index in [0.717, 1.165) is 0 Å². The third-order valence-corrected chi connectivity index (χ3v) is 4.28. The van der Waals surface area contributed by atoms with Gasteiger partial charge in [0.25, 0.3) is 0 Å². The Morgan fingerprint density at radius 3 is 2.56 bits per heavy atom. The monoisotopic (exact) mass is 239 g/mol. The molecule has 0 amide bonds. The summed E-state index contributed by atoms with van der Waals surface area (Å²) < 4.78 is 0. The predicted molar refractivity (Wildman–Crippen MR) is 77.2 cm³/mol. The summed E-state index contributed by atoms with van der Waals surface area (Å²) in [4.78, 5) is 4.63. The number of nitrogens with zero attached hydrogens (tertiary/aromatic N) is 1. The molecule has 0 fully saturated rings. The van der Waals surface area contributed by atoms with Crippen molar-refractivity contribution in [2.75, 3.05) is 0 Å². The molecule has 1 heteroatoms. The lowest BCUT2D eigenvalue weighted by Crippen LogP contribution is -2.11. The number of hydrogen-bond donors (Lipinski definition) is 0. The van der Waals surface area contributed by atoms with E-state index in [1.54, 1.807) is 16.7 Å². The number of aromatic nitrogens is 1. The average molecular weight is 239 g/mol. The molecule has 0 aliphatic heterocycles. The number of rotatable bonds is 1. The van der Waals surface area contributed by atoms with E-state index in [-0.39, 0.29) is 0 Å². The predicted octanol–water partition coefficient (Wildman–Crippen LogP) is 4.55. The van der Waals surface area contributed by atoms with Gasteiger partial charge in [-0.2, -0.15) is 0 Å². The van der Waals surface area contributed by atoms with Crippen LogP contribution < -0.4 is 0 Å². The SMILES string of the molecule is Cc1c2c(c(C(C)C)c3cccnc13)CCCC2. The van der Waals surface area contributed by atoms with Crippen LogP contribution in [0.4, 0.5) is 0 Å². The third kappa shape index (κ3) is 1.65. The molecule has 0 saturated heterocycles. The van der Waals surface area contributed by atoms with Gasteiger partial charge in [0.2, 0.25) is 0 Å². The van der Waals surface area contributed by atoms with Gasteiger partial charge in [-0.1, -0.05) is 19.9 Å². The van der Waals surface area contributed by atoms with E-state index in [4.69, 9.17) is 0 Å². The van der Waals surface area contributed by atoms with Crippen LogP contribution in [0, 0.1) is 6.92 Å². The molecule has 1 heterocycles. The molecule has 94 valence electrons. The molecule has 0 saturated carbocycles. The van der Waals surface area contributed by atoms with E-state index in [1.165, 1.54) is 42.1 Å². The highest BCUT2D eigenvalue weighted by molar-refractivity contribution is 5.88. The van der Waals surface area contributed by atoms with Crippen LogP contribution in [0.3, 0.4) is 0 Å². The van der Waals surface area contributed by atoms with Crippen LogP contribution in [0.5, 0.6) is 0 Å². The van der Waals surface area contributed by atoms with Crippen molar-refractivity contribution in [3.8, 4) is 0 Å². The van der Waals surface area contributed by atoms with Crippen molar-refractivity contribution in [1.82, 2.24) is 4.98 Å². The molecule has 1 aliphatic rings. The highest BCUT2D eigenvalue weighted by atomic mass is 14.7. The number of hydrogen-bond acceptors (Lipinski definition) is 1. The first-order chi connectivity index (χ1) is 8.70. The summed E-state index contributed by atoms with van der Waals surface area (Å²) in [5, 5.41) is 1.38. The van der Waals surface area contributed by atoms with Gasteiger partial charge in [0.05, 0.1) is 5.52 Å². The zero-order valence-corrected chi connectivity index (χ0v) is 11.6. The van der Waals surface area contributed by atoms with Crippen molar-refractivity contribution in [1.29, 1.82) is 0 Å². The number of fused-ring (bicyclic) bond motifs is 2. The van der Waals surface area contributed by atoms with Gasteiger partial charge in [-0.3, -0.25) is 4.98 Å². The highest BCUT2D eigenvalue weighted by Crippen LogP contribution is 2.37. The maximum absolute atomic E-state index is 4.63. The third-order valence-electron chi connectivity index (χ3n) is 4.28. The second-order valence-electron chi connectivity index (χ2n) is 5.76. The minimum Gasteiger partial charge on any atom is -0.256 e. The summed E-state index contributed by atoms with van der Waals surface area (Å²) >= 11 is 0. The first kappa shape index (κ1) is 11.7. The number of aryl methyl sites for hydroxylation is 1. The lowest BCUT2D eigenvalue weighted by Gasteiger charge is -2.25. The van der Waals surface area contributed by atoms with Crippen molar-refractivity contribution >= 4 is 10.9 Å². The molecule has 3 rings (SSSR count). The molecule has 2 aromatic rings. The standard InChI is InChI=1S/C17H21N/c1-11(2)16-14-8-5-4-7-13(14)12(3)17-15(16)9-6-10-18-17/h6,9-11H,4-5,7-8H2,1-3H3. The molecule has 0 N–H and O–H groups in total. The minimum atomic E-state index is 0.587. The summed E-state index contributed by atoms with van der Waals surface area (Å²) in [6.07, 6.45) is 7.11. The van der Waals surface area contributed by atoms with Crippen LogP contribution in [0.2, 0.25) is 0 Å². The van der Waals surface area contributed by atoms with Gasteiger partial charge < -0.3 is 0 Å². The Labute approximate surface area is 109 Å². The molecule has 1 nitrogen and oxygen atoms in total. The fourth-order valence-electron chi connectivity index (χ4n) is 3.50. The maximum Gasteiger partial charge on any atom is 0.0736 e. The second kappa shape index (κ2) is 4.38. The quantitative estimate of drug-likeness (QED) is 0.711. The van der Waals surface area contributed by atoms with E-state index < -0.39 is 0 Å². The molecule has 1 aromatic carbocycles. The van der Waals surface area contributed by atoms with Crippen LogP contribution in [0.15, 0.2) is 18.3 Å². The molecule has 1 aliphatic carbocycles. The van der Waals surface area contributed by atoms with E-state index >= 15 is 0 Å². The van der Waals surface area contributed by atoms with Gasteiger partial charge in [0, 0.05) is 11.6 Å². The van der Waals surface area contributed by atoms with E-state index in [2.05, 4.69) is 37.9 Å². The average Bonchev–Trinajstić information content (AvgIpc) is 2.39. The Kier molecular flexibility index (Phi) is 2.85. The summed E-state index contributed by atoms with van der Waals surface area (Å²) in [6, 6.07) is 4.32. The lowest BCUT2D eigenvalue weighted by molar-refractivity contribution is 0.670. The Morgan fingerprint density at radius 2 is 1.83 bits per heavy atom. The van der Waals surface area contributed by atoms with Crippen molar-refractivity contribution < 1.29 is 0 Å². The molecule has 0 bridgehead atoms. The van der Waals surface area contributed by atoms with Gasteiger partial charge >= 0.3 is 0 Å². The summed E-state index contributed by atoms with van der Waals surface area (Å²) in [5.41, 5.74) is 7.43. The minimum absolute atomic E-state index is 0.587. The van der Waals surface area contributed by atoms with Crippen molar-refractivity contribution in [3.63, 3.8) is 0 Å². The molecule has 0 radical (unpaired) electrons. The Morgan fingerprint density at radius 1 is 1.11 bits per heavy atom. The Hall–Kier alpha value is -1.37. The van der Waals surface area contributed by atoms with E-state index in [0.29, 0.717) is 5.92 Å². The molecule has 0 unspecified atom stereocenters. The zero-order valence-electron chi connectivity index (χ0n) is 11.6. The molecule has 1 aromatic heterocycles. The van der Waals surface area contributed by atoms with Crippen LogP contribution in [-0.4, -0.2) is 4.98 Å². The Balaban J connectivity index is 2.44. The smallest absolute Gasteiger partial charge is 0.0736 e. The second-order valence-corrected chi connectivity index (χ2v) is 5.76. The van der Waals surface area contributed by atoms with Crippen molar-refractivity contribution in [2.45, 2.75) is 52.4 Å². The van der Waals surface area contributed by atoms with Crippen LogP contribution >= 0.6 is 0 Å². The summed E-state index contributed by atoms with van der Waals surface area (Å²) in [7, 11) is 0.